The van der Waals surface area contributed by atoms with Gasteiger partial charge in [0.2, 0.25) is 0 Å². The Labute approximate surface area is 143 Å². The first-order valence-electron chi connectivity index (χ1n) is 9.96. The van der Waals surface area contributed by atoms with E-state index in [1.165, 1.54) is 56.9 Å². The highest BCUT2D eigenvalue weighted by Crippen LogP contribution is 2.43. The molecule has 0 saturated heterocycles. The molecular weight excluding hydrogens is 276 g/mol. The van der Waals surface area contributed by atoms with Crippen molar-refractivity contribution in [1.29, 1.82) is 0 Å². The average Bonchev–Trinajstić information content (AvgIpc) is 2.61. The Kier molecular flexibility index (Phi) is 5.97. The second-order valence-electron chi connectivity index (χ2n) is 8.20. The van der Waals surface area contributed by atoms with E-state index in [1.807, 2.05) is 6.08 Å². The fourth-order valence-corrected chi connectivity index (χ4v) is 4.91. The van der Waals surface area contributed by atoms with E-state index in [0.717, 1.165) is 36.5 Å². The fourth-order valence-electron chi connectivity index (χ4n) is 4.91. The van der Waals surface area contributed by atoms with E-state index >= 15 is 0 Å². The Morgan fingerprint density at radius 1 is 0.870 bits per heavy atom. The third kappa shape index (κ3) is 4.49. The minimum atomic E-state index is 0.821. The van der Waals surface area contributed by atoms with Crippen molar-refractivity contribution < 1.29 is 0 Å². The van der Waals surface area contributed by atoms with Gasteiger partial charge in [0.05, 0.1) is 0 Å². The Morgan fingerprint density at radius 2 is 1.43 bits per heavy atom. The van der Waals surface area contributed by atoms with E-state index in [-0.39, 0.29) is 0 Å². The molecule has 2 fully saturated rings. The lowest BCUT2D eigenvalue weighted by Gasteiger charge is -2.37. The summed E-state index contributed by atoms with van der Waals surface area (Å²) in [7, 11) is 0. The van der Waals surface area contributed by atoms with Gasteiger partial charge in [-0.1, -0.05) is 50.1 Å². The molecule has 0 amide bonds. The highest BCUT2D eigenvalue weighted by atomic mass is 14.4. The highest BCUT2D eigenvalue weighted by Gasteiger charge is 2.30. The summed E-state index contributed by atoms with van der Waals surface area (Å²) in [6.45, 7) is 6.25. The van der Waals surface area contributed by atoms with Gasteiger partial charge in [-0.3, -0.25) is 0 Å². The first-order valence-corrected chi connectivity index (χ1v) is 9.96. The molecule has 23 heavy (non-hydrogen) atoms. The zero-order valence-corrected chi connectivity index (χ0v) is 15.0. The van der Waals surface area contributed by atoms with Gasteiger partial charge < -0.3 is 0 Å². The number of hydrogen-bond donors (Lipinski definition) is 0. The minimum Gasteiger partial charge on any atom is -0.103 e. The molecule has 126 valence electrons. The lowest BCUT2D eigenvalue weighted by molar-refractivity contribution is 0.165. The number of benzene rings is 1. The van der Waals surface area contributed by atoms with Crippen LogP contribution in [0.5, 0.6) is 0 Å². The maximum atomic E-state index is 3.82. The van der Waals surface area contributed by atoms with E-state index in [9.17, 15) is 0 Å². The van der Waals surface area contributed by atoms with Crippen molar-refractivity contribution in [2.24, 2.45) is 17.8 Å². The lowest BCUT2D eigenvalue weighted by atomic mass is 9.68. The first-order chi connectivity index (χ1) is 11.3. The zero-order valence-electron chi connectivity index (χ0n) is 15.0. The number of hydrogen-bond acceptors (Lipinski definition) is 0. The standard InChI is InChI=1S/C23H34/c1-3-4-5-19-8-12-21(13-9-19)23-16-14-22(15-17-23)20-10-6-18(2)7-11-20/h3,8-9,12-13,18,20,22-23H,1,4-7,10-11,14-17H2,2H3. The quantitative estimate of drug-likeness (QED) is 0.518. The molecule has 0 radical (unpaired) electrons. The third-order valence-corrected chi connectivity index (χ3v) is 6.59. The topological polar surface area (TPSA) is 0 Å². The summed E-state index contributed by atoms with van der Waals surface area (Å²) < 4.78 is 0. The van der Waals surface area contributed by atoms with Crippen molar-refractivity contribution in [3.05, 3.63) is 48.0 Å². The minimum absolute atomic E-state index is 0.821. The summed E-state index contributed by atoms with van der Waals surface area (Å²) >= 11 is 0. The molecule has 0 aromatic heterocycles. The lowest BCUT2D eigenvalue weighted by Crippen LogP contribution is -2.24. The van der Waals surface area contributed by atoms with Crippen LogP contribution in [0, 0.1) is 17.8 Å². The predicted octanol–water partition coefficient (Wildman–Crippen LogP) is 6.91. The van der Waals surface area contributed by atoms with Gasteiger partial charge in [0, 0.05) is 0 Å². The van der Waals surface area contributed by atoms with Crippen LogP contribution < -0.4 is 0 Å². The third-order valence-electron chi connectivity index (χ3n) is 6.59. The molecule has 0 aliphatic heterocycles. The second kappa shape index (κ2) is 8.18. The van der Waals surface area contributed by atoms with Gasteiger partial charge in [-0.05, 0) is 86.2 Å². The Hall–Kier alpha value is -1.04. The van der Waals surface area contributed by atoms with Crippen molar-refractivity contribution in [3.63, 3.8) is 0 Å². The van der Waals surface area contributed by atoms with Crippen LogP contribution in [0.1, 0.15) is 81.8 Å². The van der Waals surface area contributed by atoms with Gasteiger partial charge >= 0.3 is 0 Å². The molecule has 0 atom stereocenters. The van der Waals surface area contributed by atoms with Crippen LogP contribution >= 0.6 is 0 Å². The monoisotopic (exact) mass is 310 g/mol. The average molecular weight is 311 g/mol. The van der Waals surface area contributed by atoms with Crippen molar-refractivity contribution in [2.45, 2.75) is 77.0 Å². The molecule has 0 N–H and O–H groups in total. The SMILES string of the molecule is C=CCCc1ccc(C2CCC(C3CCC(C)CC3)CC2)cc1. The van der Waals surface area contributed by atoms with Crippen molar-refractivity contribution in [1.82, 2.24) is 0 Å². The van der Waals surface area contributed by atoms with Crippen LogP contribution in [-0.4, -0.2) is 0 Å². The maximum Gasteiger partial charge on any atom is -0.0162 e. The highest BCUT2D eigenvalue weighted by molar-refractivity contribution is 5.26. The molecular formula is C23H34. The largest absolute Gasteiger partial charge is 0.103 e. The summed E-state index contributed by atoms with van der Waals surface area (Å²) in [5.41, 5.74) is 3.04. The summed E-state index contributed by atoms with van der Waals surface area (Å²) in [6, 6.07) is 9.47. The first kappa shape index (κ1) is 16.8. The molecule has 0 spiro atoms. The smallest absolute Gasteiger partial charge is 0.0162 e. The van der Waals surface area contributed by atoms with E-state index in [1.54, 1.807) is 5.56 Å². The van der Waals surface area contributed by atoms with E-state index in [0.29, 0.717) is 0 Å². The molecule has 2 aliphatic carbocycles. The van der Waals surface area contributed by atoms with Gasteiger partial charge in [0.25, 0.3) is 0 Å². The van der Waals surface area contributed by atoms with Crippen LogP contribution in [0.25, 0.3) is 0 Å². The Morgan fingerprint density at radius 3 is 2.00 bits per heavy atom. The molecule has 1 aromatic rings. The van der Waals surface area contributed by atoms with Crippen LogP contribution in [-0.2, 0) is 6.42 Å². The molecule has 0 bridgehead atoms. The molecule has 1 aromatic carbocycles. The number of aryl methyl sites for hydroxylation is 1. The summed E-state index contributed by atoms with van der Waals surface area (Å²) in [5, 5.41) is 0. The molecule has 0 nitrogen and oxygen atoms in total. The maximum absolute atomic E-state index is 3.82. The molecule has 0 heterocycles. The zero-order chi connectivity index (χ0) is 16.1. The van der Waals surface area contributed by atoms with Gasteiger partial charge in [-0.25, -0.2) is 0 Å². The molecule has 3 rings (SSSR count). The van der Waals surface area contributed by atoms with Gasteiger partial charge in [0.15, 0.2) is 0 Å². The van der Waals surface area contributed by atoms with Crippen LogP contribution in [0.2, 0.25) is 0 Å². The Balaban J connectivity index is 1.49. The number of rotatable bonds is 5. The molecule has 0 unspecified atom stereocenters. The van der Waals surface area contributed by atoms with Crippen LogP contribution in [0.3, 0.4) is 0 Å². The van der Waals surface area contributed by atoms with Crippen LogP contribution in [0.15, 0.2) is 36.9 Å². The summed E-state index contributed by atoms with van der Waals surface area (Å²) in [4.78, 5) is 0. The van der Waals surface area contributed by atoms with Gasteiger partial charge in [0.1, 0.15) is 0 Å². The van der Waals surface area contributed by atoms with E-state index < -0.39 is 0 Å². The summed E-state index contributed by atoms with van der Waals surface area (Å²) in [6.07, 6.45) is 16.0. The van der Waals surface area contributed by atoms with Crippen molar-refractivity contribution >= 4 is 0 Å². The summed E-state index contributed by atoms with van der Waals surface area (Å²) in [5.74, 6) is 3.89. The molecule has 0 heteroatoms. The van der Waals surface area contributed by atoms with Gasteiger partial charge in [-0.15, -0.1) is 6.58 Å². The normalized spacial score (nSPS) is 31.7. The molecule has 2 aliphatic rings. The van der Waals surface area contributed by atoms with Crippen LogP contribution in [0.4, 0.5) is 0 Å². The molecule has 2 saturated carbocycles. The van der Waals surface area contributed by atoms with E-state index in [4.69, 9.17) is 0 Å². The van der Waals surface area contributed by atoms with Crippen molar-refractivity contribution in [2.75, 3.05) is 0 Å². The van der Waals surface area contributed by atoms with Crippen molar-refractivity contribution in [3.8, 4) is 0 Å². The number of allylic oxidation sites excluding steroid dienone is 1. The van der Waals surface area contributed by atoms with Gasteiger partial charge in [-0.2, -0.15) is 0 Å². The fraction of sp³-hybridized carbons (Fsp3) is 0.652. The van der Waals surface area contributed by atoms with E-state index in [2.05, 4.69) is 37.8 Å². The second-order valence-corrected chi connectivity index (χ2v) is 8.20. The predicted molar refractivity (Wildman–Crippen MR) is 101 cm³/mol. The Bertz CT molecular complexity index is 467.